The van der Waals surface area contributed by atoms with Crippen LogP contribution < -0.4 is 0 Å². The van der Waals surface area contributed by atoms with E-state index in [0.717, 1.165) is 5.69 Å². The Labute approximate surface area is 150 Å². The third-order valence-corrected chi connectivity index (χ3v) is 4.92. The van der Waals surface area contributed by atoms with Gasteiger partial charge in [0.15, 0.2) is 11.5 Å². The fourth-order valence-corrected chi connectivity index (χ4v) is 3.57. The lowest BCUT2D eigenvalue weighted by Gasteiger charge is -2.34. The maximum atomic E-state index is 13.9. The predicted molar refractivity (Wildman–Crippen MR) is 89.4 cm³/mol. The second kappa shape index (κ2) is 7.53. The molecular formula is C17H23FN4O4. The van der Waals surface area contributed by atoms with E-state index in [1.165, 1.54) is 16.5 Å². The van der Waals surface area contributed by atoms with Crippen LogP contribution in [0.15, 0.2) is 0 Å². The van der Waals surface area contributed by atoms with Gasteiger partial charge in [-0.15, -0.1) is 0 Å². The summed E-state index contributed by atoms with van der Waals surface area (Å²) in [6, 6.07) is 0. The van der Waals surface area contributed by atoms with Gasteiger partial charge in [0.25, 0.3) is 5.91 Å². The highest BCUT2D eigenvalue weighted by atomic mass is 19.1. The normalized spacial score (nSPS) is 20.0. The highest BCUT2D eigenvalue weighted by Crippen LogP contribution is 2.27. The fraction of sp³-hybridized carbons (Fsp3) is 0.647. The molecule has 9 heteroatoms. The number of Topliss-reactive ketones (excluding diaryl/α,β-unsaturated/α-hetero) is 1. The maximum Gasteiger partial charge on any atom is 0.274 e. The quantitative estimate of drug-likeness (QED) is 0.781. The fourth-order valence-electron chi connectivity index (χ4n) is 3.57. The zero-order valence-corrected chi connectivity index (χ0v) is 14.8. The van der Waals surface area contributed by atoms with Gasteiger partial charge in [-0.2, -0.15) is 5.10 Å². The standard InChI is InChI=1S/C17H23FN4O4/c1-11(24)9-22-14-3-2-12(18)8-13(14)16(19-22)17(26)21-6-4-20(5-7-21)15(25)10-23/h12,23H,2-10H2,1H3. The van der Waals surface area contributed by atoms with Gasteiger partial charge in [0.1, 0.15) is 12.8 Å². The van der Waals surface area contributed by atoms with E-state index in [4.69, 9.17) is 5.11 Å². The first-order chi connectivity index (χ1) is 12.4. The summed E-state index contributed by atoms with van der Waals surface area (Å²) in [5.41, 5.74) is 1.58. The van der Waals surface area contributed by atoms with E-state index < -0.39 is 12.8 Å². The Morgan fingerprint density at radius 2 is 1.85 bits per heavy atom. The molecule has 1 fully saturated rings. The molecule has 1 saturated heterocycles. The van der Waals surface area contributed by atoms with E-state index >= 15 is 0 Å². The lowest BCUT2D eigenvalue weighted by atomic mass is 9.93. The van der Waals surface area contributed by atoms with Crippen LogP contribution in [-0.2, 0) is 29.0 Å². The number of carbonyl (C=O) groups excluding carboxylic acids is 3. The molecule has 8 nitrogen and oxygen atoms in total. The molecular weight excluding hydrogens is 343 g/mol. The number of rotatable bonds is 4. The molecule has 1 unspecified atom stereocenters. The molecule has 1 aromatic heterocycles. The van der Waals surface area contributed by atoms with E-state index in [1.54, 1.807) is 4.90 Å². The van der Waals surface area contributed by atoms with Crippen molar-refractivity contribution in [3.8, 4) is 0 Å². The Morgan fingerprint density at radius 3 is 2.46 bits per heavy atom. The lowest BCUT2D eigenvalue weighted by Crippen LogP contribution is -2.51. The number of aromatic nitrogens is 2. The molecule has 0 spiro atoms. The Balaban J connectivity index is 1.80. The van der Waals surface area contributed by atoms with E-state index in [2.05, 4.69) is 5.10 Å². The number of aliphatic hydroxyl groups is 1. The first-order valence-corrected chi connectivity index (χ1v) is 8.80. The Kier molecular flexibility index (Phi) is 5.36. The van der Waals surface area contributed by atoms with E-state index in [1.807, 2.05) is 0 Å². The number of nitrogens with zero attached hydrogens (tertiary/aromatic N) is 4. The van der Waals surface area contributed by atoms with Gasteiger partial charge in [-0.1, -0.05) is 0 Å². The van der Waals surface area contributed by atoms with Crippen molar-refractivity contribution in [1.82, 2.24) is 19.6 Å². The van der Waals surface area contributed by atoms with Gasteiger partial charge in [-0.05, 0) is 19.8 Å². The van der Waals surface area contributed by atoms with Crippen molar-refractivity contribution in [2.45, 2.75) is 38.9 Å². The molecule has 26 heavy (non-hydrogen) atoms. The predicted octanol–water partition coefficient (Wildman–Crippen LogP) is -0.424. The summed E-state index contributed by atoms with van der Waals surface area (Å²) < 4.78 is 15.4. The number of fused-ring (bicyclic) bond motifs is 1. The van der Waals surface area contributed by atoms with Gasteiger partial charge in [0.05, 0.1) is 6.54 Å². The average Bonchev–Trinajstić information content (AvgIpc) is 2.97. The Morgan fingerprint density at radius 1 is 1.19 bits per heavy atom. The molecule has 0 aromatic carbocycles. The molecule has 1 aliphatic carbocycles. The summed E-state index contributed by atoms with van der Waals surface area (Å²) in [5, 5.41) is 13.3. The molecule has 2 heterocycles. The molecule has 0 radical (unpaired) electrons. The van der Waals surface area contributed by atoms with Crippen LogP contribution in [0.3, 0.4) is 0 Å². The molecule has 0 saturated carbocycles. The van der Waals surface area contributed by atoms with Crippen molar-refractivity contribution in [2.24, 2.45) is 0 Å². The Bertz CT molecular complexity index is 725. The molecule has 1 N–H and O–H groups in total. The van der Waals surface area contributed by atoms with Crippen LogP contribution >= 0.6 is 0 Å². The van der Waals surface area contributed by atoms with Crippen LogP contribution in [0, 0.1) is 0 Å². The second-order valence-electron chi connectivity index (χ2n) is 6.80. The topological polar surface area (TPSA) is 95.7 Å². The van der Waals surface area contributed by atoms with Gasteiger partial charge in [0, 0.05) is 43.9 Å². The zero-order chi connectivity index (χ0) is 18.8. The number of amides is 2. The minimum Gasteiger partial charge on any atom is -0.387 e. The first-order valence-electron chi connectivity index (χ1n) is 8.80. The maximum absolute atomic E-state index is 13.9. The first kappa shape index (κ1) is 18.5. The number of hydrogen-bond acceptors (Lipinski definition) is 5. The van der Waals surface area contributed by atoms with Gasteiger partial charge >= 0.3 is 0 Å². The number of ketones is 1. The monoisotopic (exact) mass is 366 g/mol. The van der Waals surface area contributed by atoms with Crippen molar-refractivity contribution < 1.29 is 23.9 Å². The minimum absolute atomic E-state index is 0.0747. The summed E-state index contributed by atoms with van der Waals surface area (Å²) in [6.45, 7) is 2.32. The Hall–Kier alpha value is -2.29. The van der Waals surface area contributed by atoms with Crippen LogP contribution in [-0.4, -0.2) is 81.2 Å². The molecule has 3 rings (SSSR count). The van der Waals surface area contributed by atoms with Crippen molar-refractivity contribution in [3.05, 3.63) is 17.0 Å². The number of alkyl halides is 1. The zero-order valence-electron chi connectivity index (χ0n) is 14.8. The molecule has 2 amide bonds. The number of piperazine rings is 1. The van der Waals surface area contributed by atoms with E-state index in [9.17, 15) is 18.8 Å². The van der Waals surface area contributed by atoms with Crippen molar-refractivity contribution in [2.75, 3.05) is 32.8 Å². The van der Waals surface area contributed by atoms with E-state index in [0.29, 0.717) is 44.6 Å². The van der Waals surface area contributed by atoms with Gasteiger partial charge in [-0.25, -0.2) is 4.39 Å². The van der Waals surface area contributed by atoms with Gasteiger partial charge < -0.3 is 14.9 Å². The molecule has 1 aliphatic heterocycles. The summed E-state index contributed by atoms with van der Waals surface area (Å²) in [5.74, 6) is -0.734. The number of aliphatic hydroxyl groups excluding tert-OH is 1. The lowest BCUT2D eigenvalue weighted by molar-refractivity contribution is -0.135. The number of halogens is 1. The summed E-state index contributed by atoms with van der Waals surface area (Å²) in [4.78, 5) is 39.0. The highest BCUT2D eigenvalue weighted by Gasteiger charge is 2.33. The third kappa shape index (κ3) is 3.62. The second-order valence-corrected chi connectivity index (χ2v) is 6.80. The SMILES string of the molecule is CC(=O)Cn1nc(C(=O)N2CCN(C(=O)CO)CC2)c2c1CCC(F)C2. The molecule has 1 atom stereocenters. The molecule has 0 bridgehead atoms. The summed E-state index contributed by atoms with van der Waals surface area (Å²) in [7, 11) is 0. The van der Waals surface area contributed by atoms with Crippen LogP contribution in [0.1, 0.15) is 35.1 Å². The van der Waals surface area contributed by atoms with Gasteiger partial charge in [-0.3, -0.25) is 19.1 Å². The van der Waals surface area contributed by atoms with Crippen LogP contribution in [0.4, 0.5) is 4.39 Å². The largest absolute Gasteiger partial charge is 0.387 e. The van der Waals surface area contributed by atoms with Crippen LogP contribution in [0.5, 0.6) is 0 Å². The molecule has 2 aliphatic rings. The van der Waals surface area contributed by atoms with Crippen LogP contribution in [0.2, 0.25) is 0 Å². The molecule has 142 valence electrons. The third-order valence-electron chi connectivity index (χ3n) is 4.92. The van der Waals surface area contributed by atoms with Crippen molar-refractivity contribution >= 4 is 17.6 Å². The van der Waals surface area contributed by atoms with Crippen molar-refractivity contribution in [1.29, 1.82) is 0 Å². The number of carbonyl (C=O) groups is 3. The highest BCUT2D eigenvalue weighted by molar-refractivity contribution is 5.94. The van der Waals surface area contributed by atoms with Crippen molar-refractivity contribution in [3.63, 3.8) is 0 Å². The number of hydrogen-bond donors (Lipinski definition) is 1. The minimum atomic E-state index is -1.01. The summed E-state index contributed by atoms with van der Waals surface area (Å²) in [6.07, 6.45) is -0.0465. The average molecular weight is 366 g/mol. The van der Waals surface area contributed by atoms with Gasteiger partial charge in [0.2, 0.25) is 5.91 Å². The smallest absolute Gasteiger partial charge is 0.274 e. The summed E-state index contributed by atoms with van der Waals surface area (Å²) >= 11 is 0. The molecule has 1 aromatic rings. The van der Waals surface area contributed by atoms with E-state index in [-0.39, 0.29) is 36.3 Å². The van der Waals surface area contributed by atoms with Crippen LogP contribution in [0.25, 0.3) is 0 Å².